The lowest BCUT2D eigenvalue weighted by molar-refractivity contribution is -0.145. The van der Waals surface area contributed by atoms with Crippen molar-refractivity contribution in [3.8, 4) is 0 Å². The van der Waals surface area contributed by atoms with Crippen molar-refractivity contribution in [3.63, 3.8) is 0 Å². The van der Waals surface area contributed by atoms with Crippen LogP contribution in [0.4, 0.5) is 0 Å². The summed E-state index contributed by atoms with van der Waals surface area (Å²) in [5.41, 5.74) is 4.01. The van der Waals surface area contributed by atoms with E-state index in [-0.39, 0.29) is 18.1 Å². The second kappa shape index (κ2) is 5.82. The van der Waals surface area contributed by atoms with Crippen molar-refractivity contribution in [3.05, 3.63) is 71.3 Å². The lowest BCUT2D eigenvalue weighted by Crippen LogP contribution is -2.43. The molecule has 23 heavy (non-hydrogen) atoms. The normalized spacial score (nSPS) is 27.5. The molecule has 2 aliphatic rings. The molecule has 0 radical (unpaired) electrons. The fourth-order valence-corrected chi connectivity index (χ4v) is 3.88. The smallest absolute Gasteiger partial charge is 0.323 e. The van der Waals surface area contributed by atoms with Gasteiger partial charge in [0.15, 0.2) is 0 Å². The van der Waals surface area contributed by atoms with Gasteiger partial charge in [0.1, 0.15) is 12.1 Å². The van der Waals surface area contributed by atoms with Crippen molar-refractivity contribution >= 4 is 5.97 Å². The number of rotatable bonds is 2. The first-order valence-electron chi connectivity index (χ1n) is 8.29. The molecule has 0 saturated carbocycles. The number of benzene rings is 2. The molecule has 2 aliphatic heterocycles. The molecule has 0 unspecified atom stereocenters. The van der Waals surface area contributed by atoms with E-state index in [9.17, 15) is 4.79 Å². The number of cyclic esters (lactones) is 1. The predicted octanol–water partition coefficient (Wildman–Crippen LogP) is 3.34. The van der Waals surface area contributed by atoms with E-state index in [1.807, 2.05) is 13.0 Å². The highest BCUT2D eigenvalue weighted by molar-refractivity contribution is 5.78. The maximum absolute atomic E-state index is 12.2. The molecule has 2 aromatic carbocycles. The predicted molar refractivity (Wildman–Crippen MR) is 89.1 cm³/mol. The molecule has 1 saturated heterocycles. The summed E-state index contributed by atoms with van der Waals surface area (Å²) in [4.78, 5) is 14.5. The molecule has 2 aromatic rings. The van der Waals surface area contributed by atoms with Gasteiger partial charge in [0.05, 0.1) is 0 Å². The minimum atomic E-state index is -0.107. The van der Waals surface area contributed by atoms with E-state index in [0.29, 0.717) is 5.92 Å². The number of esters is 1. The third kappa shape index (κ3) is 2.66. The van der Waals surface area contributed by atoms with Gasteiger partial charge in [-0.25, -0.2) is 0 Å². The minimum Gasteiger partial charge on any atom is -0.461 e. The molecule has 1 fully saturated rings. The average molecular weight is 307 g/mol. The van der Waals surface area contributed by atoms with Gasteiger partial charge in [0.25, 0.3) is 0 Å². The zero-order valence-electron chi connectivity index (χ0n) is 13.3. The molecule has 0 bridgehead atoms. The molecule has 4 rings (SSSR count). The van der Waals surface area contributed by atoms with Crippen molar-refractivity contribution in [2.75, 3.05) is 6.54 Å². The van der Waals surface area contributed by atoms with Gasteiger partial charge in [-0.1, -0.05) is 54.6 Å². The molecule has 0 aliphatic carbocycles. The van der Waals surface area contributed by atoms with Gasteiger partial charge in [-0.15, -0.1) is 0 Å². The SMILES string of the molecule is C[C@@H]1C[C@@H](N2Cc3ccccc3[C@@H](c3ccccc3)C2)C(=O)O1. The van der Waals surface area contributed by atoms with Gasteiger partial charge >= 0.3 is 5.97 Å². The summed E-state index contributed by atoms with van der Waals surface area (Å²) in [6.07, 6.45) is 0.822. The molecular weight excluding hydrogens is 286 g/mol. The summed E-state index contributed by atoms with van der Waals surface area (Å²) >= 11 is 0. The molecule has 3 atom stereocenters. The van der Waals surface area contributed by atoms with Crippen LogP contribution in [0.25, 0.3) is 0 Å². The number of ether oxygens (including phenoxy) is 1. The Morgan fingerprint density at radius 2 is 1.78 bits per heavy atom. The standard InChI is InChI=1S/C20H21NO2/c1-14-11-19(20(22)23-14)21-12-16-9-5-6-10-17(16)18(13-21)15-7-3-2-4-8-15/h2-10,14,18-19H,11-13H2,1H3/t14-,18-,19-/m1/s1. The Labute approximate surface area is 136 Å². The highest BCUT2D eigenvalue weighted by Crippen LogP contribution is 2.36. The quantitative estimate of drug-likeness (QED) is 0.797. The molecule has 118 valence electrons. The molecule has 0 spiro atoms. The van der Waals surface area contributed by atoms with Gasteiger partial charge in [-0.2, -0.15) is 0 Å². The first-order valence-corrected chi connectivity index (χ1v) is 8.29. The van der Waals surface area contributed by atoms with Crippen molar-refractivity contribution in [1.29, 1.82) is 0 Å². The molecule has 0 N–H and O–H groups in total. The van der Waals surface area contributed by atoms with Crippen LogP contribution in [0.3, 0.4) is 0 Å². The molecule has 2 heterocycles. The van der Waals surface area contributed by atoms with Crippen LogP contribution >= 0.6 is 0 Å². The number of hydrogen-bond acceptors (Lipinski definition) is 3. The van der Waals surface area contributed by atoms with Gasteiger partial charge in [-0.05, 0) is 23.6 Å². The summed E-state index contributed by atoms with van der Waals surface area (Å²) in [7, 11) is 0. The number of fused-ring (bicyclic) bond motifs is 1. The maximum atomic E-state index is 12.2. The van der Waals surface area contributed by atoms with Crippen LogP contribution in [-0.2, 0) is 16.1 Å². The largest absolute Gasteiger partial charge is 0.461 e. The Morgan fingerprint density at radius 3 is 2.52 bits per heavy atom. The van der Waals surface area contributed by atoms with Gasteiger partial charge in [-0.3, -0.25) is 9.69 Å². The second-order valence-corrected chi connectivity index (χ2v) is 6.59. The summed E-state index contributed by atoms with van der Waals surface area (Å²) in [6, 6.07) is 19.1. The van der Waals surface area contributed by atoms with Crippen molar-refractivity contribution in [2.24, 2.45) is 0 Å². The van der Waals surface area contributed by atoms with Crippen molar-refractivity contribution in [2.45, 2.75) is 38.0 Å². The molecular formula is C20H21NO2. The van der Waals surface area contributed by atoms with E-state index in [1.54, 1.807) is 0 Å². The Balaban J connectivity index is 1.70. The summed E-state index contributed by atoms with van der Waals surface area (Å²) in [5.74, 6) is 0.244. The summed E-state index contributed by atoms with van der Waals surface area (Å²) < 4.78 is 5.38. The molecule has 3 heteroatoms. The highest BCUT2D eigenvalue weighted by atomic mass is 16.6. The first kappa shape index (κ1) is 14.5. The van der Waals surface area contributed by atoms with Crippen LogP contribution in [0.1, 0.15) is 36.0 Å². The van der Waals surface area contributed by atoms with Crippen LogP contribution in [0.2, 0.25) is 0 Å². The fourth-order valence-electron chi connectivity index (χ4n) is 3.88. The van der Waals surface area contributed by atoms with Crippen LogP contribution in [0.5, 0.6) is 0 Å². The van der Waals surface area contributed by atoms with Crippen LogP contribution in [-0.4, -0.2) is 29.6 Å². The Morgan fingerprint density at radius 1 is 1.04 bits per heavy atom. The Hall–Kier alpha value is -2.13. The van der Waals surface area contributed by atoms with Gasteiger partial charge < -0.3 is 4.74 Å². The topological polar surface area (TPSA) is 29.5 Å². The monoisotopic (exact) mass is 307 g/mol. The molecule has 3 nitrogen and oxygen atoms in total. The van der Waals surface area contributed by atoms with E-state index in [4.69, 9.17) is 4.74 Å². The number of carbonyl (C=O) groups excluding carboxylic acids is 1. The van der Waals surface area contributed by atoms with E-state index in [0.717, 1.165) is 19.5 Å². The maximum Gasteiger partial charge on any atom is 0.323 e. The van der Waals surface area contributed by atoms with Crippen LogP contribution < -0.4 is 0 Å². The first-order chi connectivity index (χ1) is 11.2. The van der Waals surface area contributed by atoms with E-state index >= 15 is 0 Å². The zero-order chi connectivity index (χ0) is 15.8. The third-order valence-corrected chi connectivity index (χ3v) is 5.01. The van der Waals surface area contributed by atoms with E-state index in [1.165, 1.54) is 16.7 Å². The van der Waals surface area contributed by atoms with Gasteiger partial charge in [0, 0.05) is 25.4 Å². The molecule has 0 aromatic heterocycles. The number of nitrogens with zero attached hydrogens (tertiary/aromatic N) is 1. The average Bonchev–Trinajstić information content (AvgIpc) is 2.93. The minimum absolute atomic E-state index is 0.0276. The van der Waals surface area contributed by atoms with Crippen LogP contribution in [0, 0.1) is 0 Å². The van der Waals surface area contributed by atoms with E-state index in [2.05, 4.69) is 53.4 Å². The number of carbonyl (C=O) groups is 1. The van der Waals surface area contributed by atoms with Gasteiger partial charge in [0.2, 0.25) is 0 Å². The lowest BCUT2D eigenvalue weighted by atomic mass is 9.84. The Kier molecular flexibility index (Phi) is 3.66. The molecule has 0 amide bonds. The van der Waals surface area contributed by atoms with Crippen LogP contribution in [0.15, 0.2) is 54.6 Å². The Bertz CT molecular complexity index is 713. The zero-order valence-corrected chi connectivity index (χ0v) is 13.3. The van der Waals surface area contributed by atoms with E-state index < -0.39 is 0 Å². The fraction of sp³-hybridized carbons (Fsp3) is 0.350. The van der Waals surface area contributed by atoms with Crippen molar-refractivity contribution < 1.29 is 9.53 Å². The summed E-state index contributed by atoms with van der Waals surface area (Å²) in [5, 5.41) is 0. The second-order valence-electron chi connectivity index (χ2n) is 6.59. The van der Waals surface area contributed by atoms with Crippen molar-refractivity contribution in [1.82, 2.24) is 4.90 Å². The summed E-state index contributed by atoms with van der Waals surface area (Å²) in [6.45, 7) is 3.67. The third-order valence-electron chi connectivity index (χ3n) is 5.01. The number of hydrogen-bond donors (Lipinski definition) is 0. The lowest BCUT2D eigenvalue weighted by Gasteiger charge is -2.37. The highest BCUT2D eigenvalue weighted by Gasteiger charge is 2.39.